The van der Waals surface area contributed by atoms with E-state index in [1.54, 1.807) is 24.3 Å². The summed E-state index contributed by atoms with van der Waals surface area (Å²) in [4.78, 5) is 23.7. The van der Waals surface area contributed by atoms with Crippen LogP contribution in [0.3, 0.4) is 0 Å². The normalized spacial score (nSPS) is 14.1. The predicted molar refractivity (Wildman–Crippen MR) is 122 cm³/mol. The van der Waals surface area contributed by atoms with Crippen LogP contribution in [-0.4, -0.2) is 29.0 Å². The molecular weight excluding hydrogens is 431 g/mol. The van der Waals surface area contributed by atoms with E-state index >= 15 is 0 Å². The van der Waals surface area contributed by atoms with E-state index in [0.29, 0.717) is 17.3 Å². The molecule has 33 heavy (non-hydrogen) atoms. The first-order chi connectivity index (χ1) is 15.8. The molecule has 6 nitrogen and oxygen atoms in total. The second kappa shape index (κ2) is 9.48. The summed E-state index contributed by atoms with van der Waals surface area (Å²) >= 11 is 0. The van der Waals surface area contributed by atoms with Crippen LogP contribution in [0.4, 0.5) is 36.3 Å². The fourth-order valence-electron chi connectivity index (χ4n) is 3.79. The number of anilines is 4. The van der Waals surface area contributed by atoms with Crippen LogP contribution in [-0.2, 0) is 6.18 Å². The highest BCUT2D eigenvalue weighted by molar-refractivity contribution is 6.05. The van der Waals surface area contributed by atoms with Crippen LogP contribution in [0, 0.1) is 6.92 Å². The maximum Gasteiger partial charge on any atom is 0.417 e. The molecular formula is C24H24F3N5O. The summed E-state index contributed by atoms with van der Waals surface area (Å²) in [5, 5.41) is 5.67. The smallest absolute Gasteiger partial charge is 0.356 e. The van der Waals surface area contributed by atoms with E-state index in [0.717, 1.165) is 49.6 Å². The Morgan fingerprint density at radius 2 is 1.61 bits per heavy atom. The summed E-state index contributed by atoms with van der Waals surface area (Å²) in [6, 6.07) is 13.3. The van der Waals surface area contributed by atoms with Crippen molar-refractivity contribution in [3.05, 3.63) is 71.4 Å². The molecule has 1 fully saturated rings. The monoisotopic (exact) mass is 455 g/mol. The topological polar surface area (TPSA) is 70.2 Å². The molecule has 3 aromatic rings. The summed E-state index contributed by atoms with van der Waals surface area (Å²) in [7, 11) is 0. The average Bonchev–Trinajstić information content (AvgIpc) is 2.80. The van der Waals surface area contributed by atoms with E-state index < -0.39 is 23.2 Å². The minimum atomic E-state index is -4.61. The third-order valence-corrected chi connectivity index (χ3v) is 5.40. The Morgan fingerprint density at radius 1 is 0.939 bits per heavy atom. The van der Waals surface area contributed by atoms with Gasteiger partial charge in [0.1, 0.15) is 5.82 Å². The molecule has 1 amide bonds. The largest absolute Gasteiger partial charge is 0.417 e. The molecule has 2 N–H and O–H groups in total. The van der Waals surface area contributed by atoms with Crippen molar-refractivity contribution >= 4 is 29.0 Å². The molecule has 0 bridgehead atoms. The van der Waals surface area contributed by atoms with Crippen molar-refractivity contribution in [2.45, 2.75) is 32.4 Å². The third kappa shape index (κ3) is 5.60. The second-order valence-corrected chi connectivity index (χ2v) is 7.94. The first kappa shape index (κ1) is 22.6. The van der Waals surface area contributed by atoms with Gasteiger partial charge in [-0.3, -0.25) is 4.79 Å². The van der Waals surface area contributed by atoms with Crippen LogP contribution < -0.4 is 15.5 Å². The highest BCUT2D eigenvalue weighted by atomic mass is 19.4. The van der Waals surface area contributed by atoms with Crippen LogP contribution in [0.15, 0.2) is 54.6 Å². The Morgan fingerprint density at radius 3 is 2.30 bits per heavy atom. The molecule has 0 unspecified atom stereocenters. The standard InChI is InChI=1S/C24H24F3N5O/c1-16-15-21(32-13-5-2-6-14-32)31-23(28-16)30-18-11-9-17(10-12-18)29-22(33)19-7-3-4-8-20(19)24(25,26)27/h3-4,7-12,15H,2,5-6,13-14H2,1H3,(H,29,33)(H,28,30,31). The number of hydrogen-bond acceptors (Lipinski definition) is 5. The summed E-state index contributed by atoms with van der Waals surface area (Å²) < 4.78 is 39.5. The fraction of sp³-hybridized carbons (Fsp3) is 0.292. The van der Waals surface area contributed by atoms with E-state index in [-0.39, 0.29) is 0 Å². The number of rotatable bonds is 5. The van der Waals surface area contributed by atoms with Crippen LogP contribution in [0.2, 0.25) is 0 Å². The number of halogens is 3. The zero-order valence-corrected chi connectivity index (χ0v) is 18.1. The number of amides is 1. The number of nitrogens with one attached hydrogen (secondary N) is 2. The number of hydrogen-bond donors (Lipinski definition) is 2. The van der Waals surface area contributed by atoms with Crippen molar-refractivity contribution in [1.29, 1.82) is 0 Å². The molecule has 1 saturated heterocycles. The Balaban J connectivity index is 1.45. The molecule has 0 spiro atoms. The molecule has 4 rings (SSSR count). The fourth-order valence-corrected chi connectivity index (χ4v) is 3.79. The van der Waals surface area contributed by atoms with Gasteiger partial charge < -0.3 is 15.5 Å². The van der Waals surface area contributed by atoms with E-state index in [1.807, 2.05) is 13.0 Å². The minimum Gasteiger partial charge on any atom is -0.356 e. The van der Waals surface area contributed by atoms with Crippen LogP contribution in [0.5, 0.6) is 0 Å². The third-order valence-electron chi connectivity index (χ3n) is 5.40. The van der Waals surface area contributed by atoms with Crippen molar-refractivity contribution in [2.75, 3.05) is 28.6 Å². The highest BCUT2D eigenvalue weighted by Gasteiger charge is 2.34. The van der Waals surface area contributed by atoms with Crippen molar-refractivity contribution in [3.8, 4) is 0 Å². The quantitative estimate of drug-likeness (QED) is 0.510. The number of carbonyl (C=O) groups is 1. The zero-order valence-electron chi connectivity index (χ0n) is 18.1. The first-order valence-corrected chi connectivity index (χ1v) is 10.7. The number of benzene rings is 2. The first-order valence-electron chi connectivity index (χ1n) is 10.7. The lowest BCUT2D eigenvalue weighted by Gasteiger charge is -2.28. The van der Waals surface area contributed by atoms with Gasteiger partial charge in [0.2, 0.25) is 5.95 Å². The van der Waals surface area contributed by atoms with Crippen LogP contribution >= 0.6 is 0 Å². The van der Waals surface area contributed by atoms with Gasteiger partial charge in [0.25, 0.3) is 5.91 Å². The summed E-state index contributed by atoms with van der Waals surface area (Å²) in [5.41, 5.74) is 0.522. The molecule has 0 saturated carbocycles. The Labute approximate surface area is 189 Å². The molecule has 1 aliphatic rings. The van der Waals surface area contributed by atoms with Crippen molar-refractivity contribution < 1.29 is 18.0 Å². The summed E-state index contributed by atoms with van der Waals surface area (Å²) in [6.07, 6.45) is -1.09. The SMILES string of the molecule is Cc1cc(N2CCCCC2)nc(Nc2ccc(NC(=O)c3ccccc3C(F)(F)F)cc2)n1. The van der Waals surface area contributed by atoms with E-state index in [9.17, 15) is 18.0 Å². The summed E-state index contributed by atoms with van der Waals surface area (Å²) in [6.45, 7) is 3.86. The van der Waals surface area contributed by atoms with Gasteiger partial charge in [-0.1, -0.05) is 12.1 Å². The number of nitrogens with zero attached hydrogens (tertiary/aromatic N) is 3. The van der Waals surface area contributed by atoms with Gasteiger partial charge in [-0.15, -0.1) is 0 Å². The maximum absolute atomic E-state index is 13.2. The highest BCUT2D eigenvalue weighted by Crippen LogP contribution is 2.32. The molecule has 2 heterocycles. The van der Waals surface area contributed by atoms with Gasteiger partial charge in [-0.25, -0.2) is 4.98 Å². The maximum atomic E-state index is 13.2. The van der Waals surface area contributed by atoms with Gasteiger partial charge in [-0.2, -0.15) is 18.2 Å². The number of piperidine rings is 1. The number of alkyl halides is 3. The van der Waals surface area contributed by atoms with Crippen molar-refractivity contribution in [1.82, 2.24) is 9.97 Å². The molecule has 0 aliphatic carbocycles. The second-order valence-electron chi connectivity index (χ2n) is 7.94. The van der Waals surface area contributed by atoms with E-state index in [4.69, 9.17) is 0 Å². The van der Waals surface area contributed by atoms with Gasteiger partial charge in [0.05, 0.1) is 11.1 Å². The zero-order chi connectivity index (χ0) is 23.4. The van der Waals surface area contributed by atoms with Crippen LogP contribution in [0.1, 0.15) is 40.9 Å². The van der Waals surface area contributed by atoms with Gasteiger partial charge in [0.15, 0.2) is 0 Å². The van der Waals surface area contributed by atoms with Crippen molar-refractivity contribution in [2.24, 2.45) is 0 Å². The number of carbonyl (C=O) groups excluding carboxylic acids is 1. The molecule has 0 atom stereocenters. The minimum absolute atomic E-state index is 0.377. The lowest BCUT2D eigenvalue weighted by molar-refractivity contribution is -0.137. The summed E-state index contributed by atoms with van der Waals surface area (Å²) in [5.74, 6) is 0.528. The molecule has 0 radical (unpaired) electrons. The Kier molecular flexibility index (Phi) is 6.48. The molecule has 172 valence electrons. The number of aryl methyl sites for hydroxylation is 1. The molecule has 2 aromatic carbocycles. The molecule has 9 heteroatoms. The molecule has 1 aliphatic heterocycles. The van der Waals surface area contributed by atoms with E-state index in [1.165, 1.54) is 18.6 Å². The Bertz CT molecular complexity index is 1130. The van der Waals surface area contributed by atoms with E-state index in [2.05, 4.69) is 25.5 Å². The average molecular weight is 455 g/mol. The predicted octanol–water partition coefficient (Wildman–Crippen LogP) is 5.79. The molecule has 1 aromatic heterocycles. The van der Waals surface area contributed by atoms with Gasteiger partial charge in [-0.05, 0) is 62.6 Å². The number of aromatic nitrogens is 2. The lowest BCUT2D eigenvalue weighted by Crippen LogP contribution is -2.30. The lowest BCUT2D eigenvalue weighted by atomic mass is 10.1. The van der Waals surface area contributed by atoms with Gasteiger partial charge >= 0.3 is 6.18 Å². The van der Waals surface area contributed by atoms with Crippen LogP contribution in [0.25, 0.3) is 0 Å². The van der Waals surface area contributed by atoms with Crippen molar-refractivity contribution in [3.63, 3.8) is 0 Å². The van der Waals surface area contributed by atoms with Gasteiger partial charge in [0, 0.05) is 36.2 Å². The Hall–Kier alpha value is -3.62.